The number of nitrogens with zero attached hydrogens (tertiary/aromatic N) is 1. The minimum atomic E-state index is -0.524. The van der Waals surface area contributed by atoms with Gasteiger partial charge in [-0.05, 0) is 43.5 Å². The van der Waals surface area contributed by atoms with Crippen LogP contribution in [0.25, 0.3) is 6.08 Å². The van der Waals surface area contributed by atoms with Gasteiger partial charge in [-0.1, -0.05) is 17.8 Å². The fourth-order valence-electron chi connectivity index (χ4n) is 3.05. The maximum atomic E-state index is 12.1. The number of nitrogens with two attached hydrogens (primary N) is 1. The summed E-state index contributed by atoms with van der Waals surface area (Å²) in [7, 11) is 0. The van der Waals surface area contributed by atoms with Crippen LogP contribution < -0.4 is 15.8 Å². The molecule has 0 bridgehead atoms. The Balaban J connectivity index is 1.41. The van der Waals surface area contributed by atoms with E-state index in [0.29, 0.717) is 5.69 Å². The Morgan fingerprint density at radius 3 is 2.96 bits per heavy atom. The van der Waals surface area contributed by atoms with Gasteiger partial charge in [0, 0.05) is 17.7 Å². The molecule has 0 aromatic heterocycles. The number of hydrogen-bond donors (Lipinski definition) is 2. The van der Waals surface area contributed by atoms with Crippen molar-refractivity contribution < 1.29 is 14.3 Å². The Morgan fingerprint density at radius 2 is 2.29 bits per heavy atom. The van der Waals surface area contributed by atoms with Crippen molar-refractivity contribution in [3.05, 3.63) is 29.8 Å². The van der Waals surface area contributed by atoms with Gasteiger partial charge in [0.05, 0.1) is 0 Å². The molecule has 1 spiro atoms. The fraction of sp³-hybridized carbons (Fsp3) is 0.353. The molecule has 124 valence electrons. The average molecular weight is 343 g/mol. The monoisotopic (exact) mass is 343 g/mol. The lowest BCUT2D eigenvalue weighted by Gasteiger charge is -2.41. The number of aliphatic imine (C=N–C) groups is 1. The number of benzene rings is 1. The molecule has 3 aliphatic rings. The highest BCUT2D eigenvalue weighted by atomic mass is 32.2. The van der Waals surface area contributed by atoms with Crippen molar-refractivity contribution in [1.82, 2.24) is 0 Å². The highest BCUT2D eigenvalue weighted by molar-refractivity contribution is 8.15. The molecule has 24 heavy (non-hydrogen) atoms. The maximum absolute atomic E-state index is 12.1. The summed E-state index contributed by atoms with van der Waals surface area (Å²) in [6.45, 7) is 0. The van der Waals surface area contributed by atoms with Crippen molar-refractivity contribution in [3.8, 4) is 5.75 Å². The van der Waals surface area contributed by atoms with Crippen molar-refractivity contribution in [2.45, 2.75) is 36.5 Å². The van der Waals surface area contributed by atoms with E-state index < -0.39 is 5.25 Å². The van der Waals surface area contributed by atoms with Gasteiger partial charge >= 0.3 is 0 Å². The second-order valence-corrected chi connectivity index (χ2v) is 7.48. The molecule has 1 saturated carbocycles. The van der Waals surface area contributed by atoms with Crippen LogP contribution in [0.15, 0.2) is 29.3 Å². The number of thioether (sulfide) groups is 1. The molecule has 2 aliphatic heterocycles. The van der Waals surface area contributed by atoms with Gasteiger partial charge in [-0.2, -0.15) is 4.99 Å². The number of amidine groups is 1. The van der Waals surface area contributed by atoms with Gasteiger partial charge in [0.25, 0.3) is 5.91 Å². The van der Waals surface area contributed by atoms with Crippen molar-refractivity contribution in [3.63, 3.8) is 0 Å². The molecule has 2 heterocycles. The number of carbonyl (C=O) groups excluding carboxylic acids is 2. The Kier molecular flexibility index (Phi) is 3.60. The van der Waals surface area contributed by atoms with Gasteiger partial charge in [-0.25, -0.2) is 0 Å². The molecular formula is C17H17N3O3S. The van der Waals surface area contributed by atoms with Gasteiger partial charge in [0.1, 0.15) is 16.6 Å². The zero-order valence-corrected chi connectivity index (χ0v) is 13.8. The summed E-state index contributed by atoms with van der Waals surface area (Å²) >= 11 is 1.13. The van der Waals surface area contributed by atoms with Crippen molar-refractivity contribution in [2.24, 2.45) is 10.7 Å². The molecule has 3 N–H and O–H groups in total. The SMILES string of the molecule is NC1=NC(=O)C(CC(=O)Nc2ccc3c(c2)C=CC2(CCC2)O3)S1. The number of hydrogen-bond acceptors (Lipinski definition) is 5. The Labute approximate surface area is 143 Å². The zero-order chi connectivity index (χ0) is 16.7. The lowest BCUT2D eigenvalue weighted by molar-refractivity contribution is -0.121. The summed E-state index contributed by atoms with van der Waals surface area (Å²) in [5, 5.41) is 2.51. The third kappa shape index (κ3) is 2.80. The molecule has 2 amide bonds. The lowest BCUT2D eigenvalue weighted by Crippen LogP contribution is -2.42. The predicted molar refractivity (Wildman–Crippen MR) is 93.9 cm³/mol. The summed E-state index contributed by atoms with van der Waals surface area (Å²) in [5.41, 5.74) is 7.01. The van der Waals surface area contributed by atoms with Gasteiger partial charge in [-0.15, -0.1) is 0 Å². The number of nitrogens with one attached hydrogen (secondary N) is 1. The summed E-state index contributed by atoms with van der Waals surface area (Å²) in [4.78, 5) is 27.3. The number of fused-ring (bicyclic) bond motifs is 1. The smallest absolute Gasteiger partial charge is 0.262 e. The minimum Gasteiger partial charge on any atom is -0.483 e. The van der Waals surface area contributed by atoms with Gasteiger partial charge < -0.3 is 15.8 Å². The van der Waals surface area contributed by atoms with E-state index in [1.54, 1.807) is 0 Å². The average Bonchev–Trinajstić information content (AvgIpc) is 2.82. The topological polar surface area (TPSA) is 93.8 Å². The number of ether oxygens (including phenoxy) is 1. The molecule has 6 nitrogen and oxygen atoms in total. The molecule has 7 heteroatoms. The predicted octanol–water partition coefficient (Wildman–Crippen LogP) is 2.30. The van der Waals surface area contributed by atoms with Gasteiger partial charge in [0.15, 0.2) is 5.17 Å². The summed E-state index contributed by atoms with van der Waals surface area (Å²) in [5.74, 6) is 0.264. The largest absolute Gasteiger partial charge is 0.483 e. The summed E-state index contributed by atoms with van der Waals surface area (Å²) in [6.07, 6.45) is 7.52. The van der Waals surface area contributed by atoms with Crippen LogP contribution in [0.4, 0.5) is 5.69 Å². The van der Waals surface area contributed by atoms with E-state index in [-0.39, 0.29) is 29.0 Å². The minimum absolute atomic E-state index is 0.0558. The maximum Gasteiger partial charge on any atom is 0.262 e. The fourth-order valence-corrected chi connectivity index (χ4v) is 3.87. The molecule has 4 rings (SSSR count). The molecular weight excluding hydrogens is 326 g/mol. The molecule has 1 aromatic carbocycles. The Hall–Kier alpha value is -2.28. The van der Waals surface area contributed by atoms with E-state index in [4.69, 9.17) is 10.5 Å². The molecule has 1 atom stereocenters. The first-order valence-electron chi connectivity index (χ1n) is 7.90. The van der Waals surface area contributed by atoms with Crippen molar-refractivity contribution in [1.29, 1.82) is 0 Å². The third-order valence-electron chi connectivity index (χ3n) is 4.50. The van der Waals surface area contributed by atoms with E-state index in [2.05, 4.69) is 22.5 Å². The quantitative estimate of drug-likeness (QED) is 0.878. The zero-order valence-electron chi connectivity index (χ0n) is 13.0. The van der Waals surface area contributed by atoms with Crippen molar-refractivity contribution in [2.75, 3.05) is 5.32 Å². The normalized spacial score (nSPS) is 23.2. The van der Waals surface area contributed by atoms with Crippen LogP contribution in [-0.2, 0) is 9.59 Å². The Bertz CT molecular complexity index is 783. The first-order valence-corrected chi connectivity index (χ1v) is 8.78. The van der Waals surface area contributed by atoms with Gasteiger partial charge in [0.2, 0.25) is 5.91 Å². The molecule has 1 aliphatic carbocycles. The van der Waals surface area contributed by atoms with Crippen LogP contribution in [0.3, 0.4) is 0 Å². The number of rotatable bonds is 3. The van der Waals surface area contributed by atoms with E-state index >= 15 is 0 Å². The highest BCUT2D eigenvalue weighted by Crippen LogP contribution is 2.43. The number of amides is 2. The van der Waals surface area contributed by atoms with E-state index in [9.17, 15) is 9.59 Å². The van der Waals surface area contributed by atoms with Crippen LogP contribution in [0.2, 0.25) is 0 Å². The van der Waals surface area contributed by atoms with Crippen LogP contribution in [0, 0.1) is 0 Å². The van der Waals surface area contributed by atoms with E-state index in [0.717, 1.165) is 35.9 Å². The molecule has 0 radical (unpaired) electrons. The van der Waals surface area contributed by atoms with E-state index in [1.165, 1.54) is 6.42 Å². The van der Waals surface area contributed by atoms with E-state index in [1.807, 2.05) is 18.2 Å². The van der Waals surface area contributed by atoms with Crippen LogP contribution in [-0.4, -0.2) is 27.8 Å². The standard InChI is InChI=1S/C17H17N3O3S/c18-16-20-15(22)13(24-16)9-14(21)19-11-2-3-12-10(8-11)4-7-17(23-12)5-1-6-17/h2-4,7-8,13H,1,5-6,9H2,(H,19,21)(H2,18,20,22). The van der Waals surface area contributed by atoms with Crippen LogP contribution in [0.5, 0.6) is 5.75 Å². The summed E-state index contributed by atoms with van der Waals surface area (Å²) < 4.78 is 6.07. The lowest BCUT2D eigenvalue weighted by atomic mass is 9.78. The highest BCUT2D eigenvalue weighted by Gasteiger charge is 2.39. The number of carbonyl (C=O) groups is 2. The summed E-state index contributed by atoms with van der Waals surface area (Å²) in [6, 6.07) is 5.57. The molecule has 1 unspecified atom stereocenters. The third-order valence-corrected chi connectivity index (χ3v) is 5.49. The number of anilines is 1. The van der Waals surface area contributed by atoms with Crippen LogP contribution >= 0.6 is 11.8 Å². The van der Waals surface area contributed by atoms with Gasteiger partial charge in [-0.3, -0.25) is 9.59 Å². The Morgan fingerprint density at radius 1 is 1.46 bits per heavy atom. The second-order valence-electron chi connectivity index (χ2n) is 6.25. The first-order chi connectivity index (χ1) is 11.5. The molecule has 1 fully saturated rings. The molecule has 1 aromatic rings. The molecule has 0 saturated heterocycles. The van der Waals surface area contributed by atoms with Crippen LogP contribution in [0.1, 0.15) is 31.2 Å². The first kappa shape index (κ1) is 15.3. The van der Waals surface area contributed by atoms with Crippen molar-refractivity contribution >= 4 is 40.5 Å². The second kappa shape index (κ2) is 5.66.